The van der Waals surface area contributed by atoms with Gasteiger partial charge in [-0.05, 0) is 61.9 Å². The second-order valence-corrected chi connectivity index (χ2v) is 9.83. The number of hydrogen-bond acceptors (Lipinski definition) is 5. The van der Waals surface area contributed by atoms with Crippen LogP contribution < -0.4 is 5.32 Å². The van der Waals surface area contributed by atoms with Gasteiger partial charge in [-0.1, -0.05) is 30.3 Å². The third-order valence-electron chi connectivity index (χ3n) is 7.10. The lowest BCUT2D eigenvalue weighted by molar-refractivity contribution is -0.133. The zero-order chi connectivity index (χ0) is 27.0. The summed E-state index contributed by atoms with van der Waals surface area (Å²) in [7, 11) is 1.69. The molecule has 2 amide bonds. The van der Waals surface area contributed by atoms with Gasteiger partial charge >= 0.3 is 0 Å². The molecule has 0 bridgehead atoms. The normalized spacial score (nSPS) is 15.0. The molecule has 2 N–H and O–H groups in total. The molecular weight excluding hydrogens is 492 g/mol. The maximum atomic E-state index is 13.2. The van der Waals surface area contributed by atoms with E-state index in [1.165, 1.54) is 0 Å². The van der Waals surface area contributed by atoms with Crippen molar-refractivity contribution in [3.8, 4) is 16.8 Å². The van der Waals surface area contributed by atoms with Gasteiger partial charge in [-0.3, -0.25) is 24.6 Å². The number of imidazole rings is 1. The number of ether oxygens (including phenoxy) is 1. The lowest BCUT2D eigenvalue weighted by Gasteiger charge is -2.24. The highest BCUT2D eigenvalue weighted by atomic mass is 16.5. The summed E-state index contributed by atoms with van der Waals surface area (Å²) >= 11 is 0. The molecule has 1 aliphatic rings. The molecule has 3 heterocycles. The molecule has 0 unspecified atom stereocenters. The second kappa shape index (κ2) is 12.5. The van der Waals surface area contributed by atoms with Crippen molar-refractivity contribution < 1.29 is 14.3 Å². The molecule has 9 heteroatoms. The number of amides is 2. The van der Waals surface area contributed by atoms with E-state index in [1.807, 2.05) is 64.2 Å². The van der Waals surface area contributed by atoms with Gasteiger partial charge in [-0.2, -0.15) is 5.10 Å². The van der Waals surface area contributed by atoms with Gasteiger partial charge < -0.3 is 9.64 Å². The van der Waals surface area contributed by atoms with Crippen molar-refractivity contribution in [2.75, 3.05) is 25.6 Å². The molecule has 0 radical (unpaired) electrons. The maximum Gasteiger partial charge on any atom is 0.258 e. The highest BCUT2D eigenvalue weighted by molar-refractivity contribution is 6.04. The number of anilines is 1. The van der Waals surface area contributed by atoms with Crippen LogP contribution in [0.15, 0.2) is 73.2 Å². The number of methoxy groups -OCH3 is 1. The van der Waals surface area contributed by atoms with Gasteiger partial charge in [0.15, 0.2) is 0 Å². The summed E-state index contributed by atoms with van der Waals surface area (Å²) in [6.45, 7) is 1.42. The number of benzene rings is 2. The SMILES string of the molecule is COC[C@@H]1CCCN1C(=O)CCCCc1cn(-c2ccccc2)c(NC(=O)c2cccc(-c3cn[nH]c3)c2)n1. The molecule has 202 valence electrons. The molecule has 1 fully saturated rings. The number of likely N-dealkylation sites (tertiary alicyclic amines) is 1. The smallest absolute Gasteiger partial charge is 0.258 e. The Labute approximate surface area is 228 Å². The summed E-state index contributed by atoms with van der Waals surface area (Å²) in [5.74, 6) is 0.428. The predicted octanol–water partition coefficient (Wildman–Crippen LogP) is 4.86. The first kappa shape index (κ1) is 26.4. The molecule has 2 aromatic heterocycles. The van der Waals surface area contributed by atoms with E-state index in [2.05, 4.69) is 15.5 Å². The number of rotatable bonds is 11. The monoisotopic (exact) mass is 526 g/mol. The third-order valence-corrected chi connectivity index (χ3v) is 7.10. The van der Waals surface area contributed by atoms with E-state index in [0.717, 1.165) is 54.7 Å². The van der Waals surface area contributed by atoms with Crippen LogP contribution in [0, 0.1) is 0 Å². The Morgan fingerprint density at radius 1 is 1.10 bits per heavy atom. The standard InChI is InChI=1S/C30H34N6O3/c1-39-21-27-14-8-16-35(27)28(37)15-6-5-11-25-20-36(26-12-3-2-4-13-26)30(33-25)34-29(38)23-10-7-9-22(17-23)24-18-31-32-19-24/h2-4,7,9-10,12-13,17-20,27H,5-6,8,11,14-16,21H2,1H3,(H,31,32)(H,33,34,38)/t27-/m0/s1. The molecular formula is C30H34N6O3. The maximum absolute atomic E-state index is 13.2. The van der Waals surface area contributed by atoms with Crippen molar-refractivity contribution in [3.63, 3.8) is 0 Å². The van der Waals surface area contributed by atoms with Crippen LogP contribution in [0.5, 0.6) is 0 Å². The van der Waals surface area contributed by atoms with E-state index >= 15 is 0 Å². The summed E-state index contributed by atoms with van der Waals surface area (Å²) in [5.41, 5.74) is 4.13. The van der Waals surface area contributed by atoms with Crippen LogP contribution in [0.2, 0.25) is 0 Å². The number of aromatic nitrogens is 4. The molecule has 1 atom stereocenters. The van der Waals surface area contributed by atoms with Gasteiger partial charge in [0.25, 0.3) is 5.91 Å². The Kier molecular flexibility index (Phi) is 8.48. The number of H-pyrrole nitrogens is 1. The highest BCUT2D eigenvalue weighted by Crippen LogP contribution is 2.23. The summed E-state index contributed by atoms with van der Waals surface area (Å²) < 4.78 is 7.18. The van der Waals surface area contributed by atoms with Crippen LogP contribution in [0.3, 0.4) is 0 Å². The van der Waals surface area contributed by atoms with Gasteiger partial charge in [-0.15, -0.1) is 0 Å². The topological polar surface area (TPSA) is 105 Å². The van der Waals surface area contributed by atoms with Crippen molar-refractivity contribution >= 4 is 17.8 Å². The molecule has 39 heavy (non-hydrogen) atoms. The van der Waals surface area contributed by atoms with Crippen LogP contribution in [0.4, 0.5) is 5.95 Å². The minimum absolute atomic E-state index is 0.204. The Hall–Kier alpha value is -4.24. The molecule has 0 spiro atoms. The fourth-order valence-electron chi connectivity index (χ4n) is 5.10. The van der Waals surface area contributed by atoms with Gasteiger partial charge in [-0.25, -0.2) is 4.98 Å². The summed E-state index contributed by atoms with van der Waals surface area (Å²) in [6, 6.07) is 17.4. The third kappa shape index (κ3) is 6.43. The van der Waals surface area contributed by atoms with E-state index in [1.54, 1.807) is 25.6 Å². The van der Waals surface area contributed by atoms with Crippen molar-refractivity contribution in [2.24, 2.45) is 0 Å². The van der Waals surface area contributed by atoms with E-state index in [9.17, 15) is 9.59 Å². The van der Waals surface area contributed by atoms with Gasteiger partial charge in [0, 0.05) is 49.3 Å². The first-order valence-electron chi connectivity index (χ1n) is 13.4. The number of carbonyl (C=O) groups excluding carboxylic acids is 2. The number of hydrogen-bond donors (Lipinski definition) is 2. The molecule has 0 saturated carbocycles. The van der Waals surface area contributed by atoms with E-state index < -0.39 is 0 Å². The molecule has 1 aliphatic heterocycles. The first-order valence-corrected chi connectivity index (χ1v) is 13.4. The molecule has 2 aromatic carbocycles. The van der Waals surface area contributed by atoms with Gasteiger partial charge in [0.2, 0.25) is 11.9 Å². The Bertz CT molecular complexity index is 1380. The summed E-state index contributed by atoms with van der Waals surface area (Å²) in [5, 5.41) is 9.80. The molecule has 1 saturated heterocycles. The van der Waals surface area contributed by atoms with Gasteiger partial charge in [0.05, 0.1) is 24.5 Å². The van der Waals surface area contributed by atoms with Crippen molar-refractivity contribution in [2.45, 2.75) is 44.6 Å². The lowest BCUT2D eigenvalue weighted by Crippen LogP contribution is -2.37. The van der Waals surface area contributed by atoms with Crippen molar-refractivity contribution in [1.29, 1.82) is 0 Å². The molecule has 0 aliphatic carbocycles. The molecule has 9 nitrogen and oxygen atoms in total. The zero-order valence-electron chi connectivity index (χ0n) is 22.2. The second-order valence-electron chi connectivity index (χ2n) is 9.83. The highest BCUT2D eigenvalue weighted by Gasteiger charge is 2.28. The quantitative estimate of drug-likeness (QED) is 0.272. The van der Waals surface area contributed by atoms with Crippen LogP contribution in [0.1, 0.15) is 48.2 Å². The summed E-state index contributed by atoms with van der Waals surface area (Å²) in [6.07, 6.45) is 10.4. The van der Waals surface area contributed by atoms with Crippen LogP contribution in [0.25, 0.3) is 16.8 Å². The van der Waals surface area contributed by atoms with E-state index in [0.29, 0.717) is 31.0 Å². The van der Waals surface area contributed by atoms with E-state index in [-0.39, 0.29) is 17.9 Å². The largest absolute Gasteiger partial charge is 0.383 e. The van der Waals surface area contributed by atoms with Crippen LogP contribution in [-0.4, -0.2) is 62.8 Å². The average molecular weight is 527 g/mol. The van der Waals surface area contributed by atoms with Crippen LogP contribution >= 0.6 is 0 Å². The average Bonchev–Trinajstić information content (AvgIpc) is 3.74. The van der Waals surface area contributed by atoms with E-state index in [4.69, 9.17) is 9.72 Å². The number of nitrogens with one attached hydrogen (secondary N) is 2. The molecule has 4 aromatic rings. The Morgan fingerprint density at radius 2 is 1.97 bits per heavy atom. The van der Waals surface area contributed by atoms with Crippen molar-refractivity contribution in [1.82, 2.24) is 24.6 Å². The summed E-state index contributed by atoms with van der Waals surface area (Å²) in [4.78, 5) is 32.7. The Balaban J connectivity index is 1.25. The number of aryl methyl sites for hydroxylation is 1. The minimum atomic E-state index is -0.239. The lowest BCUT2D eigenvalue weighted by atomic mass is 10.1. The number of nitrogens with zero attached hydrogens (tertiary/aromatic N) is 4. The number of aromatic amines is 1. The predicted molar refractivity (Wildman–Crippen MR) is 150 cm³/mol. The molecule has 5 rings (SSSR count). The fourth-order valence-corrected chi connectivity index (χ4v) is 5.10. The zero-order valence-corrected chi connectivity index (χ0v) is 22.2. The minimum Gasteiger partial charge on any atom is -0.383 e. The van der Waals surface area contributed by atoms with Crippen molar-refractivity contribution in [3.05, 3.63) is 84.4 Å². The number of carbonyl (C=O) groups is 2. The first-order chi connectivity index (χ1) is 19.1. The Morgan fingerprint density at radius 3 is 2.77 bits per heavy atom. The van der Waals surface area contributed by atoms with Crippen LogP contribution in [-0.2, 0) is 16.0 Å². The number of unbranched alkanes of at least 4 members (excludes halogenated alkanes) is 1. The number of para-hydroxylation sites is 1. The van der Waals surface area contributed by atoms with Gasteiger partial charge in [0.1, 0.15) is 0 Å². The fraction of sp³-hybridized carbons (Fsp3) is 0.333.